The molecule has 0 bridgehead atoms. The van der Waals surface area contributed by atoms with Crippen LogP contribution in [0.15, 0.2) is 48.5 Å². The highest BCUT2D eigenvalue weighted by Crippen LogP contribution is 2.51. The van der Waals surface area contributed by atoms with Crippen molar-refractivity contribution in [3.05, 3.63) is 59.7 Å². The maximum absolute atomic E-state index is 13.3. The third-order valence-corrected chi connectivity index (χ3v) is 5.36. The van der Waals surface area contributed by atoms with E-state index in [2.05, 4.69) is 0 Å². The summed E-state index contributed by atoms with van der Waals surface area (Å²) in [6.07, 6.45) is 1.79. The number of hydrogen-bond donors (Lipinski definition) is 0. The van der Waals surface area contributed by atoms with Crippen molar-refractivity contribution in [2.24, 2.45) is 0 Å². The van der Waals surface area contributed by atoms with Crippen molar-refractivity contribution in [3.8, 4) is 11.5 Å². The first-order valence-electron chi connectivity index (χ1n) is 8.42. The number of phosphoric acid groups is 1. The molecule has 1 aliphatic rings. The molecule has 1 unspecified atom stereocenters. The van der Waals surface area contributed by atoms with Gasteiger partial charge in [0.05, 0.1) is 12.7 Å². The van der Waals surface area contributed by atoms with Gasteiger partial charge in [0.25, 0.3) is 0 Å². The number of hydrogen-bond acceptors (Lipinski definition) is 5. The highest BCUT2D eigenvalue weighted by Gasteiger charge is 2.33. The minimum absolute atomic E-state index is 0.0748. The van der Waals surface area contributed by atoms with Crippen LogP contribution in [0.5, 0.6) is 11.5 Å². The molecule has 5 nitrogen and oxygen atoms in total. The molecule has 2 aromatic rings. The zero-order chi connectivity index (χ0) is 17.7. The SMILES string of the molecule is Cc1ccccc1OP(=O)(OCC1CCCO1)Oc1ccccc1C. The lowest BCUT2D eigenvalue weighted by Crippen LogP contribution is -2.16. The molecule has 0 aromatic heterocycles. The summed E-state index contributed by atoms with van der Waals surface area (Å²) >= 11 is 0. The largest absolute Gasteiger partial charge is 0.587 e. The van der Waals surface area contributed by atoms with Gasteiger partial charge >= 0.3 is 7.82 Å². The van der Waals surface area contributed by atoms with Crippen LogP contribution in [-0.4, -0.2) is 19.3 Å². The fraction of sp³-hybridized carbons (Fsp3) is 0.368. The quantitative estimate of drug-likeness (QED) is 0.644. The van der Waals surface area contributed by atoms with E-state index in [4.69, 9.17) is 18.3 Å². The number of para-hydroxylation sites is 2. The van der Waals surface area contributed by atoms with Crippen LogP contribution >= 0.6 is 7.82 Å². The van der Waals surface area contributed by atoms with E-state index in [0.29, 0.717) is 18.1 Å². The van der Waals surface area contributed by atoms with Gasteiger partial charge in [-0.25, -0.2) is 4.57 Å². The molecule has 134 valence electrons. The Morgan fingerprint density at radius 1 is 1.00 bits per heavy atom. The van der Waals surface area contributed by atoms with E-state index in [-0.39, 0.29) is 12.7 Å². The van der Waals surface area contributed by atoms with Gasteiger partial charge in [0.2, 0.25) is 0 Å². The summed E-state index contributed by atoms with van der Waals surface area (Å²) in [6, 6.07) is 14.7. The van der Waals surface area contributed by atoms with Crippen molar-refractivity contribution in [1.29, 1.82) is 0 Å². The van der Waals surface area contributed by atoms with Crippen molar-refractivity contribution in [1.82, 2.24) is 0 Å². The number of benzene rings is 2. The van der Waals surface area contributed by atoms with Gasteiger partial charge in [0, 0.05) is 6.61 Å². The molecule has 1 fully saturated rings. The Labute approximate surface area is 148 Å². The monoisotopic (exact) mass is 362 g/mol. The minimum Gasteiger partial charge on any atom is -0.395 e. The van der Waals surface area contributed by atoms with E-state index in [9.17, 15) is 4.57 Å². The van der Waals surface area contributed by atoms with Crippen LogP contribution in [0.25, 0.3) is 0 Å². The molecule has 2 aromatic carbocycles. The standard InChI is InChI=1S/C19H23O5P/c1-15-8-3-5-11-18(15)23-25(20,22-14-17-10-7-13-21-17)24-19-12-6-4-9-16(19)2/h3-6,8-9,11-12,17H,7,10,13-14H2,1-2H3. The fourth-order valence-corrected chi connectivity index (χ4v) is 3.96. The summed E-state index contributed by atoms with van der Waals surface area (Å²) in [5.74, 6) is 0.957. The summed E-state index contributed by atoms with van der Waals surface area (Å²) < 4.78 is 35.9. The lowest BCUT2D eigenvalue weighted by atomic mass is 10.2. The summed E-state index contributed by atoms with van der Waals surface area (Å²) in [5.41, 5.74) is 1.72. The van der Waals surface area contributed by atoms with Crippen molar-refractivity contribution < 1.29 is 22.9 Å². The Kier molecular flexibility index (Phi) is 5.79. The Hall–Kier alpha value is -1.81. The molecular weight excluding hydrogens is 339 g/mol. The van der Waals surface area contributed by atoms with E-state index < -0.39 is 7.82 Å². The van der Waals surface area contributed by atoms with Crippen LogP contribution in [0, 0.1) is 13.8 Å². The molecule has 1 aliphatic heterocycles. The molecule has 25 heavy (non-hydrogen) atoms. The topological polar surface area (TPSA) is 54.0 Å². The van der Waals surface area contributed by atoms with Crippen LogP contribution in [0.4, 0.5) is 0 Å². The first-order valence-corrected chi connectivity index (χ1v) is 9.88. The molecule has 0 amide bonds. The first kappa shape index (κ1) is 18.0. The molecule has 0 saturated carbocycles. The summed E-state index contributed by atoms with van der Waals surface area (Å²) in [7, 11) is -3.85. The van der Waals surface area contributed by atoms with Gasteiger partial charge in [-0.2, -0.15) is 0 Å². The number of ether oxygens (including phenoxy) is 1. The third-order valence-electron chi connectivity index (χ3n) is 4.05. The maximum Gasteiger partial charge on any atom is 0.587 e. The lowest BCUT2D eigenvalue weighted by Gasteiger charge is -2.22. The molecule has 0 spiro atoms. The van der Waals surface area contributed by atoms with Crippen LogP contribution < -0.4 is 9.05 Å². The lowest BCUT2D eigenvalue weighted by molar-refractivity contribution is 0.0571. The molecule has 0 N–H and O–H groups in total. The van der Waals surface area contributed by atoms with Gasteiger partial charge in [-0.15, -0.1) is 0 Å². The molecule has 1 saturated heterocycles. The van der Waals surface area contributed by atoms with Gasteiger partial charge in [0.15, 0.2) is 0 Å². The second-order valence-electron chi connectivity index (χ2n) is 6.09. The van der Waals surface area contributed by atoms with Crippen LogP contribution in [-0.2, 0) is 13.8 Å². The fourth-order valence-electron chi connectivity index (χ4n) is 2.58. The van der Waals surface area contributed by atoms with Gasteiger partial charge in [-0.05, 0) is 49.9 Å². The van der Waals surface area contributed by atoms with E-state index in [1.165, 1.54) is 0 Å². The predicted octanol–water partition coefficient (Wildman–Crippen LogP) is 5.06. The van der Waals surface area contributed by atoms with Crippen molar-refractivity contribution in [2.45, 2.75) is 32.8 Å². The van der Waals surface area contributed by atoms with Gasteiger partial charge in [0.1, 0.15) is 11.5 Å². The van der Waals surface area contributed by atoms with E-state index in [0.717, 1.165) is 24.0 Å². The molecule has 0 aliphatic carbocycles. The van der Waals surface area contributed by atoms with Crippen molar-refractivity contribution in [2.75, 3.05) is 13.2 Å². The molecular formula is C19H23O5P. The normalized spacial score (nSPS) is 17.4. The van der Waals surface area contributed by atoms with Crippen LogP contribution in [0.2, 0.25) is 0 Å². The molecule has 1 heterocycles. The van der Waals surface area contributed by atoms with Crippen LogP contribution in [0.1, 0.15) is 24.0 Å². The maximum atomic E-state index is 13.3. The summed E-state index contributed by atoms with van der Waals surface area (Å²) in [4.78, 5) is 0. The Morgan fingerprint density at radius 2 is 1.56 bits per heavy atom. The second kappa shape index (κ2) is 8.05. The minimum atomic E-state index is -3.85. The number of phosphoric ester groups is 1. The summed E-state index contributed by atoms with van der Waals surface area (Å²) in [6.45, 7) is 4.64. The average molecular weight is 362 g/mol. The molecule has 6 heteroatoms. The molecule has 3 rings (SSSR count). The first-order chi connectivity index (χ1) is 12.1. The van der Waals surface area contributed by atoms with Gasteiger partial charge in [-0.1, -0.05) is 36.4 Å². The van der Waals surface area contributed by atoms with Gasteiger partial charge in [-0.3, -0.25) is 4.52 Å². The zero-order valence-electron chi connectivity index (χ0n) is 14.5. The van der Waals surface area contributed by atoms with Crippen LogP contribution in [0.3, 0.4) is 0 Å². The molecule has 1 atom stereocenters. The number of rotatable bonds is 7. The van der Waals surface area contributed by atoms with Gasteiger partial charge < -0.3 is 13.8 Å². The Morgan fingerprint density at radius 3 is 2.04 bits per heavy atom. The third kappa shape index (κ3) is 4.85. The van der Waals surface area contributed by atoms with Crippen molar-refractivity contribution in [3.63, 3.8) is 0 Å². The van der Waals surface area contributed by atoms with E-state index in [1.807, 2.05) is 50.2 Å². The predicted molar refractivity (Wildman–Crippen MR) is 96.1 cm³/mol. The highest BCUT2D eigenvalue weighted by molar-refractivity contribution is 7.49. The van der Waals surface area contributed by atoms with E-state index in [1.54, 1.807) is 12.1 Å². The second-order valence-corrected chi connectivity index (χ2v) is 7.61. The Bertz CT molecular complexity index is 703. The Balaban J connectivity index is 1.80. The summed E-state index contributed by atoms with van der Waals surface area (Å²) in [5, 5.41) is 0. The van der Waals surface area contributed by atoms with Crippen molar-refractivity contribution >= 4 is 7.82 Å². The number of aryl methyl sites for hydroxylation is 2. The van der Waals surface area contributed by atoms with E-state index >= 15 is 0 Å². The average Bonchev–Trinajstić information content (AvgIpc) is 3.11. The highest BCUT2D eigenvalue weighted by atomic mass is 31.2. The zero-order valence-corrected chi connectivity index (χ0v) is 15.4. The smallest absolute Gasteiger partial charge is 0.395 e. The molecule has 0 radical (unpaired) electrons.